The molecule has 4 unspecified atom stereocenters. The molecule has 1 N–H and O–H groups in total. The molecule has 0 aromatic rings. The highest BCUT2D eigenvalue weighted by atomic mass is 16.3. The Bertz CT molecular complexity index is 190. The minimum Gasteiger partial charge on any atom is -0.393 e. The summed E-state index contributed by atoms with van der Waals surface area (Å²) in [6.07, 6.45) is 11.4. The summed E-state index contributed by atoms with van der Waals surface area (Å²) in [5, 5.41) is 10.4. The maximum atomic E-state index is 10.4. The molecule has 1 aliphatic rings. The van der Waals surface area contributed by atoms with Gasteiger partial charge in [-0.1, -0.05) is 59.3 Å². The summed E-state index contributed by atoms with van der Waals surface area (Å²) in [6, 6.07) is 0. The molecule has 0 saturated heterocycles. The highest BCUT2D eigenvalue weighted by Crippen LogP contribution is 2.33. The van der Waals surface area contributed by atoms with E-state index in [1.807, 2.05) is 0 Å². The van der Waals surface area contributed by atoms with Crippen LogP contribution in [0.15, 0.2) is 0 Å². The van der Waals surface area contributed by atoms with Crippen LogP contribution in [-0.4, -0.2) is 11.2 Å². The normalized spacial score (nSPS) is 28.9. The third-order valence-corrected chi connectivity index (χ3v) is 4.64. The van der Waals surface area contributed by atoms with Gasteiger partial charge in [0.1, 0.15) is 0 Å². The molecule has 1 saturated carbocycles. The summed E-state index contributed by atoms with van der Waals surface area (Å²) in [6.45, 7) is 6.87. The van der Waals surface area contributed by atoms with Crippen LogP contribution in [0.25, 0.3) is 0 Å². The first-order valence-electron chi connectivity index (χ1n) is 7.85. The Morgan fingerprint density at radius 2 is 2.00 bits per heavy atom. The van der Waals surface area contributed by atoms with E-state index in [4.69, 9.17) is 0 Å². The zero-order valence-corrected chi connectivity index (χ0v) is 12.1. The van der Waals surface area contributed by atoms with E-state index in [1.165, 1.54) is 51.4 Å². The Labute approximate surface area is 108 Å². The summed E-state index contributed by atoms with van der Waals surface area (Å²) in [5.41, 5.74) is 0. The van der Waals surface area contributed by atoms with Crippen molar-refractivity contribution in [2.45, 2.75) is 84.7 Å². The predicted molar refractivity (Wildman–Crippen MR) is 75.1 cm³/mol. The highest BCUT2D eigenvalue weighted by Gasteiger charge is 2.26. The van der Waals surface area contributed by atoms with Crippen molar-refractivity contribution in [1.29, 1.82) is 0 Å². The lowest BCUT2D eigenvalue weighted by Gasteiger charge is -2.32. The lowest BCUT2D eigenvalue weighted by atomic mass is 9.77. The number of hydrogen-bond donors (Lipinski definition) is 1. The quantitative estimate of drug-likeness (QED) is 0.679. The van der Waals surface area contributed by atoms with Gasteiger partial charge in [0.05, 0.1) is 6.10 Å². The Hall–Kier alpha value is -0.0400. The lowest BCUT2D eigenvalue weighted by molar-refractivity contribution is 0.0492. The molecule has 102 valence electrons. The summed E-state index contributed by atoms with van der Waals surface area (Å²) >= 11 is 0. The second-order valence-corrected chi connectivity index (χ2v) is 6.25. The standard InChI is InChI=1S/C16H32O/c1-4-6-9-14(5-2)12-16(17)15-10-7-8-13(3)11-15/h13-17H,4-12H2,1-3H3. The summed E-state index contributed by atoms with van der Waals surface area (Å²) < 4.78 is 0. The molecule has 1 heteroatoms. The van der Waals surface area contributed by atoms with Gasteiger partial charge in [0.2, 0.25) is 0 Å². The number of rotatable bonds is 7. The molecule has 0 bridgehead atoms. The molecular formula is C16H32O. The van der Waals surface area contributed by atoms with Gasteiger partial charge in [0, 0.05) is 0 Å². The molecule has 1 nitrogen and oxygen atoms in total. The first-order valence-corrected chi connectivity index (χ1v) is 7.85. The van der Waals surface area contributed by atoms with Gasteiger partial charge in [-0.2, -0.15) is 0 Å². The van der Waals surface area contributed by atoms with Crippen LogP contribution in [0.5, 0.6) is 0 Å². The van der Waals surface area contributed by atoms with Crippen molar-refractivity contribution in [3.63, 3.8) is 0 Å². The molecule has 0 heterocycles. The average Bonchev–Trinajstić information content (AvgIpc) is 2.34. The van der Waals surface area contributed by atoms with Crippen LogP contribution in [0.4, 0.5) is 0 Å². The van der Waals surface area contributed by atoms with E-state index >= 15 is 0 Å². The van der Waals surface area contributed by atoms with Crippen molar-refractivity contribution in [3.8, 4) is 0 Å². The summed E-state index contributed by atoms with van der Waals surface area (Å²) in [4.78, 5) is 0. The van der Waals surface area contributed by atoms with E-state index in [9.17, 15) is 5.11 Å². The average molecular weight is 240 g/mol. The smallest absolute Gasteiger partial charge is 0.0571 e. The molecule has 1 fully saturated rings. The second-order valence-electron chi connectivity index (χ2n) is 6.25. The molecule has 1 aliphatic carbocycles. The third kappa shape index (κ3) is 5.42. The monoisotopic (exact) mass is 240 g/mol. The van der Waals surface area contributed by atoms with Crippen molar-refractivity contribution in [3.05, 3.63) is 0 Å². The van der Waals surface area contributed by atoms with Crippen molar-refractivity contribution in [2.24, 2.45) is 17.8 Å². The van der Waals surface area contributed by atoms with Crippen LogP contribution in [0.2, 0.25) is 0 Å². The van der Waals surface area contributed by atoms with Crippen LogP contribution in [-0.2, 0) is 0 Å². The van der Waals surface area contributed by atoms with Crippen molar-refractivity contribution in [2.75, 3.05) is 0 Å². The van der Waals surface area contributed by atoms with Gasteiger partial charge in [0.25, 0.3) is 0 Å². The number of aliphatic hydroxyl groups excluding tert-OH is 1. The molecule has 1 rings (SSSR count). The van der Waals surface area contributed by atoms with Crippen LogP contribution < -0.4 is 0 Å². The number of unbranched alkanes of at least 4 members (excludes halogenated alkanes) is 1. The lowest BCUT2D eigenvalue weighted by Crippen LogP contribution is -2.27. The van der Waals surface area contributed by atoms with E-state index in [2.05, 4.69) is 20.8 Å². The van der Waals surface area contributed by atoms with E-state index in [1.54, 1.807) is 0 Å². The molecule has 0 aliphatic heterocycles. The van der Waals surface area contributed by atoms with E-state index in [0.717, 1.165) is 18.3 Å². The Balaban J connectivity index is 2.32. The van der Waals surface area contributed by atoms with Gasteiger partial charge in [-0.25, -0.2) is 0 Å². The molecule has 4 atom stereocenters. The Kier molecular flexibility index (Phi) is 7.18. The van der Waals surface area contributed by atoms with Crippen molar-refractivity contribution < 1.29 is 5.11 Å². The molecule has 0 amide bonds. The zero-order valence-electron chi connectivity index (χ0n) is 12.1. The van der Waals surface area contributed by atoms with Crippen LogP contribution in [0, 0.1) is 17.8 Å². The molecule has 0 radical (unpaired) electrons. The van der Waals surface area contributed by atoms with Crippen molar-refractivity contribution >= 4 is 0 Å². The number of hydrogen-bond acceptors (Lipinski definition) is 1. The van der Waals surface area contributed by atoms with Gasteiger partial charge < -0.3 is 5.11 Å². The van der Waals surface area contributed by atoms with Crippen LogP contribution in [0.3, 0.4) is 0 Å². The zero-order chi connectivity index (χ0) is 12.7. The van der Waals surface area contributed by atoms with Gasteiger partial charge in [-0.3, -0.25) is 0 Å². The van der Waals surface area contributed by atoms with Gasteiger partial charge in [0.15, 0.2) is 0 Å². The van der Waals surface area contributed by atoms with Gasteiger partial charge in [-0.05, 0) is 37.0 Å². The highest BCUT2D eigenvalue weighted by molar-refractivity contribution is 4.78. The van der Waals surface area contributed by atoms with Crippen LogP contribution in [0.1, 0.15) is 78.6 Å². The molecule has 17 heavy (non-hydrogen) atoms. The van der Waals surface area contributed by atoms with Gasteiger partial charge >= 0.3 is 0 Å². The fourth-order valence-electron chi connectivity index (χ4n) is 3.35. The van der Waals surface area contributed by atoms with E-state index in [0.29, 0.717) is 5.92 Å². The largest absolute Gasteiger partial charge is 0.393 e. The molecular weight excluding hydrogens is 208 g/mol. The minimum absolute atomic E-state index is 0.0282. The molecule has 0 aromatic carbocycles. The summed E-state index contributed by atoms with van der Waals surface area (Å²) in [7, 11) is 0. The second kappa shape index (κ2) is 8.13. The van der Waals surface area contributed by atoms with E-state index in [-0.39, 0.29) is 6.10 Å². The first kappa shape index (κ1) is 15.0. The fraction of sp³-hybridized carbons (Fsp3) is 1.00. The fourth-order valence-corrected chi connectivity index (χ4v) is 3.35. The van der Waals surface area contributed by atoms with E-state index < -0.39 is 0 Å². The topological polar surface area (TPSA) is 20.2 Å². The molecule has 0 aromatic heterocycles. The maximum Gasteiger partial charge on any atom is 0.0571 e. The minimum atomic E-state index is -0.0282. The molecule has 0 spiro atoms. The van der Waals surface area contributed by atoms with Crippen LogP contribution >= 0.6 is 0 Å². The SMILES string of the molecule is CCCCC(CC)CC(O)C1CCCC(C)C1. The number of aliphatic hydroxyl groups is 1. The predicted octanol–water partition coefficient (Wildman–Crippen LogP) is 4.78. The summed E-state index contributed by atoms with van der Waals surface area (Å²) in [5.74, 6) is 2.18. The third-order valence-electron chi connectivity index (χ3n) is 4.64. The van der Waals surface area contributed by atoms with Crippen molar-refractivity contribution in [1.82, 2.24) is 0 Å². The van der Waals surface area contributed by atoms with Gasteiger partial charge in [-0.15, -0.1) is 0 Å². The first-order chi connectivity index (χ1) is 8.17. The Morgan fingerprint density at radius 3 is 2.59 bits per heavy atom. The maximum absolute atomic E-state index is 10.4. The Morgan fingerprint density at radius 1 is 1.24 bits per heavy atom.